The molecule has 0 amide bonds. The molecule has 0 unspecified atom stereocenters. The normalized spacial score (nSPS) is 15.0. The Bertz CT molecular complexity index is 1000. The average molecular weight is 321 g/mol. The molecule has 4 aromatic heterocycles. The second-order valence-electron chi connectivity index (χ2n) is 5.93. The van der Waals surface area contributed by atoms with E-state index in [0.29, 0.717) is 5.82 Å². The van der Waals surface area contributed by atoms with Gasteiger partial charge in [-0.2, -0.15) is 0 Å². The maximum Gasteiger partial charge on any atom is 0.183 e. The molecule has 1 aliphatic rings. The van der Waals surface area contributed by atoms with Gasteiger partial charge in [-0.05, 0) is 43.4 Å². The van der Waals surface area contributed by atoms with Crippen LogP contribution in [0.15, 0.2) is 30.9 Å². The molecule has 0 atom stereocenters. The fraction of sp³-hybridized carbons (Fsp3) is 0.294. The number of aryl methyl sites for hydroxylation is 2. The quantitative estimate of drug-likeness (QED) is 0.502. The van der Waals surface area contributed by atoms with Gasteiger partial charge < -0.3 is 0 Å². The lowest BCUT2D eigenvalue weighted by atomic mass is 10.1. The minimum atomic E-state index is 0.709. The summed E-state index contributed by atoms with van der Waals surface area (Å²) in [5.74, 6) is 0.709. The smallest absolute Gasteiger partial charge is 0.183 e. The SMILES string of the molecule is c1cncc(-c2nc3c4c5c(sc4ncn3n2)CCCCC5)c1. The van der Waals surface area contributed by atoms with E-state index in [1.165, 1.54) is 41.5 Å². The molecule has 6 heteroatoms. The summed E-state index contributed by atoms with van der Waals surface area (Å²) in [7, 11) is 0. The molecular weight excluding hydrogens is 306 g/mol. The van der Waals surface area contributed by atoms with Crippen LogP contribution in [0.3, 0.4) is 0 Å². The first-order chi connectivity index (χ1) is 11.4. The number of fused-ring (bicyclic) bond motifs is 5. The van der Waals surface area contributed by atoms with Gasteiger partial charge in [0.2, 0.25) is 0 Å². The van der Waals surface area contributed by atoms with Crippen LogP contribution in [0.25, 0.3) is 27.3 Å². The first-order valence-electron chi connectivity index (χ1n) is 7.96. The zero-order valence-electron chi connectivity index (χ0n) is 12.6. The second kappa shape index (κ2) is 5.09. The predicted molar refractivity (Wildman–Crippen MR) is 90.7 cm³/mol. The number of nitrogens with zero attached hydrogens (tertiary/aromatic N) is 5. The molecule has 0 aromatic carbocycles. The van der Waals surface area contributed by atoms with E-state index >= 15 is 0 Å². The molecule has 0 N–H and O–H groups in total. The largest absolute Gasteiger partial charge is 0.264 e. The van der Waals surface area contributed by atoms with Crippen molar-refractivity contribution < 1.29 is 0 Å². The van der Waals surface area contributed by atoms with Gasteiger partial charge in [-0.25, -0.2) is 14.5 Å². The summed E-state index contributed by atoms with van der Waals surface area (Å²) >= 11 is 1.83. The van der Waals surface area contributed by atoms with Crippen LogP contribution in [0.4, 0.5) is 0 Å². The van der Waals surface area contributed by atoms with Gasteiger partial charge in [-0.1, -0.05) is 6.42 Å². The van der Waals surface area contributed by atoms with Crippen molar-refractivity contribution in [3.05, 3.63) is 41.3 Å². The summed E-state index contributed by atoms with van der Waals surface area (Å²) in [5.41, 5.74) is 3.31. The zero-order valence-corrected chi connectivity index (χ0v) is 13.4. The number of thiophene rings is 1. The molecule has 0 spiro atoms. The Labute approximate surface area is 137 Å². The van der Waals surface area contributed by atoms with Crippen LogP contribution >= 0.6 is 11.3 Å². The van der Waals surface area contributed by atoms with E-state index in [1.807, 2.05) is 28.0 Å². The highest BCUT2D eigenvalue weighted by Crippen LogP contribution is 2.36. The first kappa shape index (κ1) is 13.1. The Hall–Kier alpha value is -2.34. The van der Waals surface area contributed by atoms with E-state index in [9.17, 15) is 0 Å². The monoisotopic (exact) mass is 321 g/mol. The van der Waals surface area contributed by atoms with Crippen LogP contribution in [-0.2, 0) is 12.8 Å². The molecular formula is C17H15N5S. The van der Waals surface area contributed by atoms with Gasteiger partial charge in [-0.3, -0.25) is 4.98 Å². The van der Waals surface area contributed by atoms with Gasteiger partial charge in [-0.15, -0.1) is 16.4 Å². The highest BCUT2D eigenvalue weighted by atomic mass is 32.1. The van der Waals surface area contributed by atoms with Gasteiger partial charge in [0.15, 0.2) is 11.5 Å². The number of aromatic nitrogens is 5. The van der Waals surface area contributed by atoms with Gasteiger partial charge in [0.05, 0.1) is 5.39 Å². The summed E-state index contributed by atoms with van der Waals surface area (Å²) in [6, 6.07) is 3.89. The summed E-state index contributed by atoms with van der Waals surface area (Å²) in [6.45, 7) is 0. The number of rotatable bonds is 1. The molecule has 5 nitrogen and oxygen atoms in total. The van der Waals surface area contributed by atoms with Crippen LogP contribution in [0.2, 0.25) is 0 Å². The van der Waals surface area contributed by atoms with Gasteiger partial charge in [0.1, 0.15) is 11.2 Å². The van der Waals surface area contributed by atoms with E-state index in [1.54, 1.807) is 18.7 Å². The molecule has 0 radical (unpaired) electrons. The lowest BCUT2D eigenvalue weighted by Gasteiger charge is -1.98. The molecule has 0 saturated heterocycles. The fourth-order valence-corrected chi connectivity index (χ4v) is 4.57. The molecule has 0 aliphatic heterocycles. The lowest BCUT2D eigenvalue weighted by molar-refractivity contribution is 0.713. The zero-order chi connectivity index (χ0) is 15.2. The number of hydrogen-bond acceptors (Lipinski definition) is 5. The van der Waals surface area contributed by atoms with Crippen LogP contribution in [0, 0.1) is 0 Å². The van der Waals surface area contributed by atoms with E-state index in [0.717, 1.165) is 22.5 Å². The van der Waals surface area contributed by atoms with Crippen molar-refractivity contribution in [1.29, 1.82) is 0 Å². The van der Waals surface area contributed by atoms with Crippen LogP contribution < -0.4 is 0 Å². The summed E-state index contributed by atoms with van der Waals surface area (Å²) in [6.07, 6.45) is 11.5. The van der Waals surface area contributed by atoms with Gasteiger partial charge in [0.25, 0.3) is 0 Å². The standard InChI is InChI=1S/C17H15N5S/c1-2-6-12-13(7-3-1)23-17-14(12)16-20-15(21-22(16)10-19-17)11-5-4-8-18-9-11/h4-5,8-10H,1-3,6-7H2. The van der Waals surface area contributed by atoms with Gasteiger partial charge >= 0.3 is 0 Å². The van der Waals surface area contributed by atoms with E-state index in [4.69, 9.17) is 4.98 Å². The molecule has 0 fully saturated rings. The molecule has 0 saturated carbocycles. The molecule has 114 valence electrons. The van der Waals surface area contributed by atoms with Crippen molar-refractivity contribution in [3.63, 3.8) is 0 Å². The van der Waals surface area contributed by atoms with Crippen molar-refractivity contribution in [2.45, 2.75) is 32.1 Å². The maximum atomic E-state index is 4.80. The van der Waals surface area contributed by atoms with Crippen molar-refractivity contribution in [2.24, 2.45) is 0 Å². The lowest BCUT2D eigenvalue weighted by Crippen LogP contribution is -1.92. The summed E-state index contributed by atoms with van der Waals surface area (Å²) < 4.78 is 1.81. The van der Waals surface area contributed by atoms with Crippen LogP contribution in [-0.4, -0.2) is 24.6 Å². The topological polar surface area (TPSA) is 56.0 Å². The minimum Gasteiger partial charge on any atom is -0.264 e. The molecule has 1 aliphatic carbocycles. The van der Waals surface area contributed by atoms with Crippen molar-refractivity contribution >= 4 is 27.2 Å². The maximum absolute atomic E-state index is 4.80. The van der Waals surface area contributed by atoms with E-state index in [-0.39, 0.29) is 0 Å². The van der Waals surface area contributed by atoms with E-state index < -0.39 is 0 Å². The highest BCUT2D eigenvalue weighted by Gasteiger charge is 2.20. The molecule has 23 heavy (non-hydrogen) atoms. The Morgan fingerprint density at radius 1 is 1.13 bits per heavy atom. The number of pyridine rings is 1. The Morgan fingerprint density at radius 3 is 3.00 bits per heavy atom. The number of hydrogen-bond donors (Lipinski definition) is 0. The minimum absolute atomic E-state index is 0.709. The third kappa shape index (κ3) is 2.05. The average Bonchev–Trinajstić information content (AvgIpc) is 3.09. The molecule has 4 aromatic rings. The van der Waals surface area contributed by atoms with Crippen LogP contribution in [0.5, 0.6) is 0 Å². The highest BCUT2D eigenvalue weighted by molar-refractivity contribution is 7.19. The summed E-state index contributed by atoms with van der Waals surface area (Å²) in [4.78, 5) is 16.2. The third-order valence-corrected chi connectivity index (χ3v) is 5.66. The molecule has 0 bridgehead atoms. The van der Waals surface area contributed by atoms with E-state index in [2.05, 4.69) is 15.1 Å². The fourth-order valence-electron chi connectivity index (χ4n) is 3.35. The Balaban J connectivity index is 1.79. The molecule has 5 rings (SSSR count). The van der Waals surface area contributed by atoms with Crippen molar-refractivity contribution in [3.8, 4) is 11.4 Å². The van der Waals surface area contributed by atoms with Crippen molar-refractivity contribution in [2.75, 3.05) is 0 Å². The predicted octanol–water partition coefficient (Wildman–Crippen LogP) is 3.67. The Kier molecular flexibility index (Phi) is 2.91. The molecule has 4 heterocycles. The Morgan fingerprint density at radius 2 is 2.09 bits per heavy atom. The first-order valence-corrected chi connectivity index (χ1v) is 8.78. The summed E-state index contributed by atoms with van der Waals surface area (Å²) in [5, 5.41) is 5.80. The second-order valence-corrected chi connectivity index (χ2v) is 7.02. The van der Waals surface area contributed by atoms with Crippen LogP contribution in [0.1, 0.15) is 29.7 Å². The third-order valence-electron chi connectivity index (χ3n) is 4.46. The van der Waals surface area contributed by atoms with Gasteiger partial charge in [0, 0.05) is 22.8 Å². The van der Waals surface area contributed by atoms with Crippen molar-refractivity contribution in [1.82, 2.24) is 24.6 Å².